The molecule has 3 rings (SSSR count). The van der Waals surface area contributed by atoms with Crippen LogP contribution in [0.25, 0.3) is 11.4 Å². The third-order valence-corrected chi connectivity index (χ3v) is 5.70. The third-order valence-electron chi connectivity index (χ3n) is 4.22. The number of nitro benzene ring substituents is 1. The summed E-state index contributed by atoms with van der Waals surface area (Å²) < 4.78 is 27.2. The van der Waals surface area contributed by atoms with Crippen LogP contribution in [0.4, 0.5) is 11.5 Å². The summed E-state index contributed by atoms with van der Waals surface area (Å²) in [5.74, 6) is 0.847. The van der Waals surface area contributed by atoms with Crippen molar-refractivity contribution in [3.05, 3.63) is 76.0 Å². The molecule has 9 nitrogen and oxygen atoms in total. The molecule has 0 spiro atoms. The van der Waals surface area contributed by atoms with Crippen molar-refractivity contribution >= 4 is 21.5 Å². The minimum atomic E-state index is -3.59. The Morgan fingerprint density at radius 3 is 2.43 bits per heavy atom. The van der Waals surface area contributed by atoms with Crippen LogP contribution < -0.4 is 10.0 Å². The number of rotatable bonds is 8. The van der Waals surface area contributed by atoms with E-state index in [0.717, 1.165) is 5.56 Å². The molecule has 0 aliphatic heterocycles. The summed E-state index contributed by atoms with van der Waals surface area (Å²) in [5.41, 5.74) is 2.14. The van der Waals surface area contributed by atoms with Gasteiger partial charge in [-0.05, 0) is 26.0 Å². The van der Waals surface area contributed by atoms with E-state index in [1.165, 1.54) is 12.1 Å². The molecule has 0 aliphatic carbocycles. The van der Waals surface area contributed by atoms with Crippen molar-refractivity contribution in [2.75, 3.05) is 18.4 Å². The van der Waals surface area contributed by atoms with Crippen LogP contribution >= 0.6 is 0 Å². The van der Waals surface area contributed by atoms with Crippen LogP contribution in [0.2, 0.25) is 0 Å². The fraction of sp³-hybridized carbons (Fsp3) is 0.200. The number of aromatic nitrogens is 2. The van der Waals surface area contributed by atoms with Crippen molar-refractivity contribution in [3.8, 4) is 11.4 Å². The van der Waals surface area contributed by atoms with Crippen molar-refractivity contribution in [2.45, 2.75) is 18.7 Å². The maximum atomic E-state index is 12.3. The van der Waals surface area contributed by atoms with E-state index in [4.69, 9.17) is 0 Å². The van der Waals surface area contributed by atoms with Crippen molar-refractivity contribution in [1.82, 2.24) is 14.7 Å². The molecule has 0 atom stereocenters. The second kappa shape index (κ2) is 8.97. The number of sulfonamides is 1. The predicted molar refractivity (Wildman–Crippen MR) is 114 cm³/mol. The number of benzene rings is 2. The molecule has 0 aliphatic rings. The number of hydrogen-bond acceptors (Lipinski definition) is 7. The zero-order valence-electron chi connectivity index (χ0n) is 16.5. The Morgan fingerprint density at radius 1 is 1.00 bits per heavy atom. The average molecular weight is 427 g/mol. The van der Waals surface area contributed by atoms with Gasteiger partial charge in [0, 0.05) is 42.5 Å². The van der Waals surface area contributed by atoms with Gasteiger partial charge in [0.15, 0.2) is 5.82 Å². The molecule has 0 radical (unpaired) electrons. The fourth-order valence-electron chi connectivity index (χ4n) is 2.72. The van der Waals surface area contributed by atoms with E-state index < -0.39 is 14.9 Å². The van der Waals surface area contributed by atoms with Crippen molar-refractivity contribution in [1.29, 1.82) is 0 Å². The molecule has 10 heteroatoms. The molecule has 0 amide bonds. The van der Waals surface area contributed by atoms with Gasteiger partial charge in [-0.3, -0.25) is 10.1 Å². The van der Waals surface area contributed by atoms with Crippen LogP contribution in [0.3, 0.4) is 0 Å². The molecule has 1 heterocycles. The summed E-state index contributed by atoms with van der Waals surface area (Å²) in [6.07, 6.45) is 0. The molecule has 0 fully saturated rings. The van der Waals surface area contributed by atoms with Crippen LogP contribution in [0.15, 0.2) is 59.5 Å². The molecular formula is C20H21N5O4S. The highest BCUT2D eigenvalue weighted by molar-refractivity contribution is 7.89. The van der Waals surface area contributed by atoms with E-state index in [1.807, 2.05) is 6.92 Å². The first-order valence-electron chi connectivity index (χ1n) is 9.15. The lowest BCUT2D eigenvalue weighted by Gasteiger charge is -2.10. The minimum absolute atomic E-state index is 0.0439. The molecule has 2 N–H and O–H groups in total. The van der Waals surface area contributed by atoms with Crippen LogP contribution in [-0.4, -0.2) is 36.4 Å². The standard InChI is InChI=1S/C20H21N5O4S/c1-14-6-8-18(9-7-14)30(28,29)22-11-10-21-19-12-15(2)23-20(24-19)16-4-3-5-17(13-16)25(26)27/h3-9,12-13,22H,10-11H2,1-2H3,(H,21,23,24). The quantitative estimate of drug-likeness (QED) is 0.321. The van der Waals surface area contributed by atoms with Gasteiger partial charge in [0.2, 0.25) is 10.0 Å². The summed E-state index contributed by atoms with van der Waals surface area (Å²) >= 11 is 0. The van der Waals surface area contributed by atoms with Gasteiger partial charge in [-0.15, -0.1) is 0 Å². The molecule has 0 unspecified atom stereocenters. The number of hydrogen-bond donors (Lipinski definition) is 2. The Morgan fingerprint density at radius 2 is 1.73 bits per heavy atom. The molecule has 3 aromatic rings. The summed E-state index contributed by atoms with van der Waals surface area (Å²) in [6.45, 7) is 4.13. The van der Waals surface area contributed by atoms with E-state index in [9.17, 15) is 18.5 Å². The minimum Gasteiger partial charge on any atom is -0.369 e. The number of aryl methyl sites for hydroxylation is 2. The Bertz CT molecular complexity index is 1160. The molecule has 0 bridgehead atoms. The van der Waals surface area contributed by atoms with Crippen molar-refractivity contribution in [3.63, 3.8) is 0 Å². The third kappa shape index (κ3) is 5.37. The van der Waals surface area contributed by atoms with Gasteiger partial charge in [-0.25, -0.2) is 23.1 Å². The molecule has 0 saturated carbocycles. The Labute approximate surface area is 174 Å². The van der Waals surface area contributed by atoms with E-state index in [1.54, 1.807) is 49.4 Å². The Kier molecular flexibility index (Phi) is 6.38. The van der Waals surface area contributed by atoms with Crippen LogP contribution in [0.1, 0.15) is 11.3 Å². The summed E-state index contributed by atoms with van der Waals surface area (Å²) in [4.78, 5) is 19.4. The van der Waals surface area contributed by atoms with Crippen molar-refractivity contribution < 1.29 is 13.3 Å². The van der Waals surface area contributed by atoms with E-state index in [0.29, 0.717) is 29.4 Å². The van der Waals surface area contributed by atoms with Crippen LogP contribution in [-0.2, 0) is 10.0 Å². The molecule has 0 saturated heterocycles. The lowest BCUT2D eigenvalue weighted by molar-refractivity contribution is -0.384. The molecule has 156 valence electrons. The number of nitro groups is 1. The second-order valence-corrected chi connectivity index (χ2v) is 8.43. The number of nitrogens with one attached hydrogen (secondary N) is 2. The van der Waals surface area contributed by atoms with E-state index in [2.05, 4.69) is 20.0 Å². The zero-order chi connectivity index (χ0) is 21.7. The number of nitrogens with zero attached hydrogens (tertiary/aromatic N) is 3. The monoisotopic (exact) mass is 427 g/mol. The largest absolute Gasteiger partial charge is 0.369 e. The fourth-order valence-corrected chi connectivity index (χ4v) is 3.76. The average Bonchev–Trinajstić information content (AvgIpc) is 2.71. The van der Waals surface area contributed by atoms with Gasteiger partial charge in [0.1, 0.15) is 5.82 Å². The highest BCUT2D eigenvalue weighted by Gasteiger charge is 2.13. The molecule has 2 aromatic carbocycles. The lowest BCUT2D eigenvalue weighted by atomic mass is 10.2. The first-order chi connectivity index (χ1) is 14.2. The van der Waals surface area contributed by atoms with Gasteiger partial charge in [-0.2, -0.15) is 0 Å². The maximum Gasteiger partial charge on any atom is 0.270 e. The SMILES string of the molecule is Cc1ccc(S(=O)(=O)NCCNc2cc(C)nc(-c3cccc([N+](=O)[O-])c3)n2)cc1. The highest BCUT2D eigenvalue weighted by Crippen LogP contribution is 2.22. The number of anilines is 1. The maximum absolute atomic E-state index is 12.3. The molecule has 1 aromatic heterocycles. The lowest BCUT2D eigenvalue weighted by Crippen LogP contribution is -2.29. The van der Waals surface area contributed by atoms with Gasteiger partial charge in [0.05, 0.1) is 9.82 Å². The Balaban J connectivity index is 1.66. The van der Waals surface area contributed by atoms with Gasteiger partial charge in [-0.1, -0.05) is 29.8 Å². The van der Waals surface area contributed by atoms with Crippen LogP contribution in [0.5, 0.6) is 0 Å². The number of non-ortho nitro benzene ring substituents is 1. The van der Waals surface area contributed by atoms with Gasteiger partial charge < -0.3 is 5.32 Å². The second-order valence-electron chi connectivity index (χ2n) is 6.66. The van der Waals surface area contributed by atoms with Crippen LogP contribution in [0, 0.1) is 24.0 Å². The summed E-state index contributed by atoms with van der Waals surface area (Å²) in [7, 11) is -3.59. The van der Waals surface area contributed by atoms with Crippen molar-refractivity contribution in [2.24, 2.45) is 0 Å². The molecular weight excluding hydrogens is 406 g/mol. The van der Waals surface area contributed by atoms with E-state index >= 15 is 0 Å². The summed E-state index contributed by atoms with van der Waals surface area (Å²) in [6, 6.07) is 14.4. The van der Waals surface area contributed by atoms with E-state index in [-0.39, 0.29) is 17.1 Å². The van der Waals surface area contributed by atoms with Gasteiger partial charge >= 0.3 is 0 Å². The topological polar surface area (TPSA) is 127 Å². The first kappa shape index (κ1) is 21.3. The Hall–Kier alpha value is -3.37. The predicted octanol–water partition coefficient (Wildman–Crippen LogP) is 3.06. The normalized spacial score (nSPS) is 11.3. The zero-order valence-corrected chi connectivity index (χ0v) is 17.3. The first-order valence-corrected chi connectivity index (χ1v) is 10.6. The summed E-state index contributed by atoms with van der Waals surface area (Å²) in [5, 5.41) is 14.0. The smallest absolute Gasteiger partial charge is 0.270 e. The molecule has 30 heavy (non-hydrogen) atoms. The highest BCUT2D eigenvalue weighted by atomic mass is 32.2. The van der Waals surface area contributed by atoms with Gasteiger partial charge in [0.25, 0.3) is 5.69 Å².